The van der Waals surface area contributed by atoms with E-state index in [-0.39, 0.29) is 11.8 Å². The average Bonchev–Trinajstić information content (AvgIpc) is 3.06. The van der Waals surface area contributed by atoms with Gasteiger partial charge in [0.15, 0.2) is 5.75 Å². The van der Waals surface area contributed by atoms with Gasteiger partial charge in [-0.3, -0.25) is 0 Å². The molecule has 0 saturated heterocycles. The summed E-state index contributed by atoms with van der Waals surface area (Å²) in [5, 5.41) is 9.57. The Labute approximate surface area is 122 Å². The highest BCUT2D eigenvalue weighted by molar-refractivity contribution is 7.89. The third-order valence-corrected chi connectivity index (χ3v) is 4.78. The highest BCUT2D eigenvalue weighted by Gasteiger charge is 2.39. The van der Waals surface area contributed by atoms with E-state index in [0.717, 1.165) is 12.0 Å². The van der Waals surface area contributed by atoms with Crippen molar-refractivity contribution in [3.05, 3.63) is 33.8 Å². The normalized spacial score (nSPS) is 21.9. The van der Waals surface area contributed by atoms with Crippen LogP contribution in [-0.4, -0.2) is 20.7 Å². The number of rotatable bonds is 5. The Morgan fingerprint density at radius 3 is 2.79 bits per heavy atom. The Hall–Kier alpha value is -0.800. The van der Waals surface area contributed by atoms with Gasteiger partial charge < -0.3 is 0 Å². The predicted molar refractivity (Wildman–Crippen MR) is 74.7 cm³/mol. The van der Waals surface area contributed by atoms with Gasteiger partial charge >= 0.3 is 0 Å². The van der Waals surface area contributed by atoms with Gasteiger partial charge in [0.1, 0.15) is 0 Å². The minimum atomic E-state index is -3.47. The molecular weight excluding hydrogens is 307 g/mol. The molecule has 0 unspecified atom stereocenters. The van der Waals surface area contributed by atoms with Gasteiger partial charge in [-0.05, 0) is 36.0 Å². The molecule has 0 spiro atoms. The van der Waals surface area contributed by atoms with Crippen LogP contribution in [0, 0.1) is 17.2 Å². The minimum Gasteiger partial charge on any atom is -0.214 e. The van der Waals surface area contributed by atoms with E-state index in [2.05, 4.69) is 4.72 Å². The van der Waals surface area contributed by atoms with Crippen LogP contribution in [-0.2, 0) is 10.0 Å². The van der Waals surface area contributed by atoms with Crippen LogP contribution in [0.4, 0.5) is 0 Å². The van der Waals surface area contributed by atoms with Gasteiger partial charge in [-0.25, -0.2) is 13.1 Å². The fourth-order valence-electron chi connectivity index (χ4n) is 2.03. The molecule has 1 fully saturated rings. The molecule has 1 N–H and O–H groups in total. The second-order valence-electron chi connectivity index (χ2n) is 4.53. The van der Waals surface area contributed by atoms with Crippen LogP contribution in [0.3, 0.4) is 0 Å². The maximum absolute atomic E-state index is 11.3. The number of benzene rings is 1. The van der Waals surface area contributed by atoms with Crippen molar-refractivity contribution in [2.24, 2.45) is 5.92 Å². The number of nitriles is 1. The van der Waals surface area contributed by atoms with Crippen molar-refractivity contribution >= 4 is 33.2 Å². The van der Waals surface area contributed by atoms with Gasteiger partial charge in [-0.15, -0.1) is 0 Å². The van der Waals surface area contributed by atoms with Crippen molar-refractivity contribution in [2.45, 2.75) is 12.3 Å². The monoisotopic (exact) mass is 318 g/mol. The summed E-state index contributed by atoms with van der Waals surface area (Å²) >= 11 is 11.9. The minimum absolute atomic E-state index is 0.229. The SMILES string of the molecule is N#CCS(=O)(=O)NC[C@@H]1C[C@@H]1c1ccc(Cl)cc1Cl. The van der Waals surface area contributed by atoms with E-state index in [1.807, 2.05) is 6.07 Å². The highest BCUT2D eigenvalue weighted by Crippen LogP contribution is 2.49. The zero-order valence-corrected chi connectivity index (χ0v) is 12.3. The van der Waals surface area contributed by atoms with Crippen LogP contribution in [0.5, 0.6) is 0 Å². The van der Waals surface area contributed by atoms with Crippen molar-refractivity contribution in [1.29, 1.82) is 5.26 Å². The van der Waals surface area contributed by atoms with Gasteiger partial charge in [0.2, 0.25) is 10.0 Å². The van der Waals surface area contributed by atoms with Gasteiger partial charge in [0.25, 0.3) is 0 Å². The van der Waals surface area contributed by atoms with E-state index < -0.39 is 15.8 Å². The van der Waals surface area contributed by atoms with Gasteiger partial charge in [-0.2, -0.15) is 5.26 Å². The summed E-state index contributed by atoms with van der Waals surface area (Å²) in [4.78, 5) is 0. The lowest BCUT2D eigenvalue weighted by Crippen LogP contribution is -2.28. The van der Waals surface area contributed by atoms with Crippen LogP contribution >= 0.6 is 23.2 Å². The Bertz CT molecular complexity index is 625. The molecule has 7 heteroatoms. The Morgan fingerprint density at radius 2 is 2.16 bits per heavy atom. The standard InChI is InChI=1S/C12H12Cl2N2O2S/c13-9-1-2-10(12(14)6-9)11-5-8(11)7-16-19(17,18)4-3-15/h1-2,6,8,11,16H,4-5,7H2/t8-,11-/m0/s1. The predicted octanol–water partition coefficient (Wildman–Crippen LogP) is 2.54. The van der Waals surface area contributed by atoms with Gasteiger partial charge in [0, 0.05) is 16.6 Å². The Morgan fingerprint density at radius 1 is 1.42 bits per heavy atom. The van der Waals surface area contributed by atoms with E-state index in [4.69, 9.17) is 28.5 Å². The first-order valence-electron chi connectivity index (χ1n) is 5.72. The molecule has 1 aromatic rings. The second kappa shape index (κ2) is 5.68. The quantitative estimate of drug-likeness (QED) is 0.907. The van der Waals surface area contributed by atoms with E-state index in [9.17, 15) is 8.42 Å². The summed E-state index contributed by atoms with van der Waals surface area (Å²) in [5.74, 6) is -0.0202. The number of nitrogens with one attached hydrogen (secondary N) is 1. The van der Waals surface area contributed by atoms with E-state index in [0.29, 0.717) is 16.6 Å². The van der Waals surface area contributed by atoms with Gasteiger partial charge in [-0.1, -0.05) is 29.3 Å². The first-order chi connectivity index (χ1) is 8.93. The molecule has 102 valence electrons. The molecule has 2 atom stereocenters. The number of hydrogen-bond donors (Lipinski definition) is 1. The zero-order chi connectivity index (χ0) is 14.0. The van der Waals surface area contributed by atoms with Gasteiger partial charge in [0.05, 0.1) is 6.07 Å². The fraction of sp³-hybridized carbons (Fsp3) is 0.417. The van der Waals surface area contributed by atoms with Crippen LogP contribution in [0.25, 0.3) is 0 Å². The molecule has 4 nitrogen and oxygen atoms in total. The molecule has 1 aliphatic rings. The van der Waals surface area contributed by atoms with E-state index >= 15 is 0 Å². The summed E-state index contributed by atoms with van der Waals surface area (Å²) in [5.41, 5.74) is 0.996. The average molecular weight is 319 g/mol. The number of halogens is 2. The molecule has 0 bridgehead atoms. The summed E-state index contributed by atoms with van der Waals surface area (Å²) < 4.78 is 25.1. The third kappa shape index (κ3) is 3.83. The van der Waals surface area contributed by atoms with Crippen molar-refractivity contribution in [1.82, 2.24) is 4.72 Å². The number of sulfonamides is 1. The molecule has 0 amide bonds. The molecule has 0 aromatic heterocycles. The molecule has 2 rings (SSSR count). The first-order valence-corrected chi connectivity index (χ1v) is 8.13. The lowest BCUT2D eigenvalue weighted by Gasteiger charge is -2.05. The molecular formula is C12H12Cl2N2O2S. The van der Waals surface area contributed by atoms with Crippen LogP contribution in [0.1, 0.15) is 17.9 Å². The molecule has 0 radical (unpaired) electrons. The van der Waals surface area contributed by atoms with Crippen LogP contribution in [0.15, 0.2) is 18.2 Å². The molecule has 0 aliphatic heterocycles. The smallest absolute Gasteiger partial charge is 0.214 e. The largest absolute Gasteiger partial charge is 0.225 e. The zero-order valence-electron chi connectivity index (χ0n) is 9.94. The first kappa shape index (κ1) is 14.6. The van der Waals surface area contributed by atoms with Crippen LogP contribution in [0.2, 0.25) is 10.0 Å². The van der Waals surface area contributed by atoms with Crippen molar-refractivity contribution in [3.63, 3.8) is 0 Å². The highest BCUT2D eigenvalue weighted by atomic mass is 35.5. The Balaban J connectivity index is 1.93. The van der Waals surface area contributed by atoms with E-state index in [1.165, 1.54) is 0 Å². The van der Waals surface area contributed by atoms with Crippen LogP contribution < -0.4 is 4.72 Å². The Kier molecular flexibility index (Phi) is 4.36. The lowest BCUT2D eigenvalue weighted by atomic mass is 10.1. The summed E-state index contributed by atoms with van der Waals surface area (Å²) in [6, 6.07) is 6.96. The maximum Gasteiger partial charge on any atom is 0.225 e. The summed E-state index contributed by atoms with van der Waals surface area (Å²) in [7, 11) is -3.47. The topological polar surface area (TPSA) is 70.0 Å². The van der Waals surface area contributed by atoms with Crippen molar-refractivity contribution in [2.75, 3.05) is 12.3 Å². The summed E-state index contributed by atoms with van der Waals surface area (Å²) in [6.07, 6.45) is 0.885. The van der Waals surface area contributed by atoms with Crippen molar-refractivity contribution < 1.29 is 8.42 Å². The van der Waals surface area contributed by atoms with E-state index in [1.54, 1.807) is 18.2 Å². The lowest BCUT2D eigenvalue weighted by molar-refractivity contribution is 0.580. The molecule has 19 heavy (non-hydrogen) atoms. The second-order valence-corrected chi connectivity index (χ2v) is 7.18. The molecule has 1 saturated carbocycles. The van der Waals surface area contributed by atoms with Crippen molar-refractivity contribution in [3.8, 4) is 6.07 Å². The third-order valence-electron chi connectivity index (χ3n) is 3.10. The summed E-state index contributed by atoms with van der Waals surface area (Å²) in [6.45, 7) is 0.341. The molecule has 1 aliphatic carbocycles. The number of hydrogen-bond acceptors (Lipinski definition) is 3. The molecule has 1 aromatic carbocycles. The fourth-order valence-corrected chi connectivity index (χ4v) is 3.31. The number of nitrogens with zero attached hydrogens (tertiary/aromatic N) is 1. The molecule has 0 heterocycles. The maximum atomic E-state index is 11.3.